The Morgan fingerprint density at radius 1 is 1.33 bits per heavy atom. The van der Waals surface area contributed by atoms with Gasteiger partial charge in [0.05, 0.1) is 12.7 Å². The summed E-state index contributed by atoms with van der Waals surface area (Å²) in [5.74, 6) is 1.42. The number of halogens is 1. The molecule has 0 amide bonds. The highest BCUT2D eigenvalue weighted by molar-refractivity contribution is 14.0. The molecule has 0 aliphatic rings. The van der Waals surface area contributed by atoms with Gasteiger partial charge in [-0.15, -0.1) is 24.0 Å². The quantitative estimate of drug-likeness (QED) is 0.285. The van der Waals surface area contributed by atoms with Gasteiger partial charge in [0.15, 0.2) is 5.96 Å². The zero-order chi connectivity index (χ0) is 18.6. The van der Waals surface area contributed by atoms with Gasteiger partial charge in [-0.1, -0.05) is 18.2 Å². The van der Waals surface area contributed by atoms with Gasteiger partial charge in [-0.25, -0.2) is 4.99 Å². The molecule has 0 spiro atoms. The number of hydrogen-bond donors (Lipinski definition) is 3. The molecular formula is C19H26IN5O2. The van der Waals surface area contributed by atoms with Crippen molar-refractivity contribution in [2.45, 2.75) is 26.0 Å². The minimum Gasteiger partial charge on any atom is -0.459 e. The van der Waals surface area contributed by atoms with E-state index < -0.39 is 5.60 Å². The van der Waals surface area contributed by atoms with Crippen LogP contribution >= 0.6 is 24.0 Å². The molecule has 3 rings (SSSR count). The molecule has 0 fully saturated rings. The van der Waals surface area contributed by atoms with E-state index >= 15 is 0 Å². The Kier molecular flexibility index (Phi) is 7.25. The molecule has 2 aromatic heterocycles. The molecule has 0 saturated heterocycles. The fraction of sp³-hybridized carbons (Fsp3) is 0.368. The summed E-state index contributed by atoms with van der Waals surface area (Å²) in [5.41, 5.74) is 0.555. The number of nitrogens with zero attached hydrogens (tertiary/aromatic N) is 3. The average molecular weight is 483 g/mol. The molecule has 1 aromatic carbocycles. The van der Waals surface area contributed by atoms with Crippen molar-refractivity contribution in [3.05, 3.63) is 54.0 Å². The molecule has 0 radical (unpaired) electrons. The fourth-order valence-electron chi connectivity index (χ4n) is 2.67. The summed E-state index contributed by atoms with van der Waals surface area (Å²) in [4.78, 5) is 4.55. The van der Waals surface area contributed by atoms with Crippen molar-refractivity contribution >= 4 is 40.9 Å². The van der Waals surface area contributed by atoms with E-state index in [2.05, 4.69) is 20.7 Å². The Bertz CT molecular complexity index is 867. The average Bonchev–Trinajstić information content (AvgIpc) is 3.23. The van der Waals surface area contributed by atoms with Gasteiger partial charge < -0.3 is 20.2 Å². The molecule has 1 atom stereocenters. The van der Waals surface area contributed by atoms with Crippen molar-refractivity contribution in [3.8, 4) is 0 Å². The van der Waals surface area contributed by atoms with Crippen LogP contribution in [0.2, 0.25) is 0 Å². The molecular weight excluding hydrogens is 457 g/mol. The summed E-state index contributed by atoms with van der Waals surface area (Å²) in [6.45, 7) is 5.20. The first-order chi connectivity index (χ1) is 12.5. The lowest BCUT2D eigenvalue weighted by atomic mass is 10.00. The van der Waals surface area contributed by atoms with Crippen LogP contribution in [0.5, 0.6) is 0 Å². The van der Waals surface area contributed by atoms with E-state index in [0.29, 0.717) is 19.0 Å². The number of hydrogen-bond acceptors (Lipinski definition) is 4. The van der Waals surface area contributed by atoms with Gasteiger partial charge >= 0.3 is 0 Å². The van der Waals surface area contributed by atoms with E-state index in [1.54, 1.807) is 24.0 Å². The molecule has 7 nitrogen and oxygen atoms in total. The number of aliphatic hydroxyl groups is 1. The van der Waals surface area contributed by atoms with E-state index in [4.69, 9.17) is 4.42 Å². The van der Waals surface area contributed by atoms with Gasteiger partial charge in [0.1, 0.15) is 23.5 Å². The molecule has 2 heterocycles. The van der Waals surface area contributed by atoms with Crippen LogP contribution in [-0.4, -0.2) is 33.9 Å². The third-order valence-electron chi connectivity index (χ3n) is 4.14. The van der Waals surface area contributed by atoms with E-state index in [1.807, 2.05) is 44.3 Å². The highest BCUT2D eigenvalue weighted by Gasteiger charge is 2.25. The van der Waals surface area contributed by atoms with Crippen LogP contribution in [-0.2, 0) is 19.2 Å². The van der Waals surface area contributed by atoms with Gasteiger partial charge in [-0.05, 0) is 26.0 Å². The van der Waals surface area contributed by atoms with Crippen LogP contribution in [0.1, 0.15) is 25.2 Å². The van der Waals surface area contributed by atoms with E-state index in [1.165, 1.54) is 0 Å². The lowest BCUT2D eigenvalue weighted by Gasteiger charge is -2.23. The molecule has 0 saturated carbocycles. The van der Waals surface area contributed by atoms with Crippen LogP contribution in [0.25, 0.3) is 11.0 Å². The highest BCUT2D eigenvalue weighted by Crippen LogP contribution is 2.20. The topological polar surface area (TPSA) is 87.6 Å². The third kappa shape index (κ3) is 5.46. The lowest BCUT2D eigenvalue weighted by molar-refractivity contribution is 0.0616. The Labute approximate surface area is 175 Å². The Morgan fingerprint density at radius 3 is 2.78 bits per heavy atom. The zero-order valence-corrected chi connectivity index (χ0v) is 18.1. The number of nitrogens with one attached hydrogen (secondary N) is 2. The minimum atomic E-state index is -1.05. The summed E-state index contributed by atoms with van der Waals surface area (Å²) in [7, 11) is 1.83. The molecule has 1 unspecified atom stereocenters. The SMILES string of the molecule is CCNC(=NCc1cc2ccccc2o1)NCC(C)(O)c1cnn(C)c1.I. The fourth-order valence-corrected chi connectivity index (χ4v) is 2.67. The second-order valence-electron chi connectivity index (χ2n) is 6.48. The number of furan rings is 1. The van der Waals surface area contributed by atoms with Crippen molar-refractivity contribution in [3.63, 3.8) is 0 Å². The Hall–Kier alpha value is -2.07. The maximum atomic E-state index is 10.7. The number of aromatic nitrogens is 2. The second kappa shape index (κ2) is 9.23. The maximum Gasteiger partial charge on any atom is 0.191 e. The van der Waals surface area contributed by atoms with Crippen molar-refractivity contribution < 1.29 is 9.52 Å². The van der Waals surface area contributed by atoms with Gasteiger partial charge in [0, 0.05) is 30.7 Å². The van der Waals surface area contributed by atoms with Gasteiger partial charge in [-0.3, -0.25) is 4.68 Å². The van der Waals surface area contributed by atoms with E-state index in [-0.39, 0.29) is 24.0 Å². The molecule has 8 heteroatoms. The summed E-state index contributed by atoms with van der Waals surface area (Å²) < 4.78 is 7.46. The molecule has 0 aliphatic carbocycles. The minimum absolute atomic E-state index is 0. The highest BCUT2D eigenvalue weighted by atomic mass is 127. The predicted octanol–water partition coefficient (Wildman–Crippen LogP) is 2.75. The smallest absolute Gasteiger partial charge is 0.191 e. The van der Waals surface area contributed by atoms with Crippen molar-refractivity contribution in [2.24, 2.45) is 12.0 Å². The largest absolute Gasteiger partial charge is 0.459 e. The van der Waals surface area contributed by atoms with Crippen LogP contribution < -0.4 is 10.6 Å². The standard InChI is InChI=1S/C19H25N5O2.HI/c1-4-20-18(22-13-19(2,25)15-10-23-24(3)12-15)21-11-16-9-14-7-5-6-8-17(14)26-16;/h5-10,12,25H,4,11,13H2,1-3H3,(H2,20,21,22);1H. The van der Waals surface area contributed by atoms with Crippen LogP contribution in [0, 0.1) is 0 Å². The second-order valence-corrected chi connectivity index (χ2v) is 6.48. The van der Waals surface area contributed by atoms with E-state index in [9.17, 15) is 5.11 Å². The number of aryl methyl sites for hydroxylation is 1. The third-order valence-corrected chi connectivity index (χ3v) is 4.14. The number of aliphatic imine (C=N–C) groups is 1. The Morgan fingerprint density at radius 2 is 2.11 bits per heavy atom. The summed E-state index contributed by atoms with van der Waals surface area (Å²) in [6, 6.07) is 9.88. The molecule has 0 bridgehead atoms. The van der Waals surface area contributed by atoms with Crippen molar-refractivity contribution in [1.82, 2.24) is 20.4 Å². The van der Waals surface area contributed by atoms with Crippen molar-refractivity contribution in [2.75, 3.05) is 13.1 Å². The molecule has 146 valence electrons. The van der Waals surface area contributed by atoms with Gasteiger partial charge in [-0.2, -0.15) is 5.10 Å². The molecule has 27 heavy (non-hydrogen) atoms. The molecule has 3 aromatic rings. The first-order valence-corrected chi connectivity index (χ1v) is 8.69. The monoisotopic (exact) mass is 483 g/mol. The number of para-hydroxylation sites is 1. The number of guanidine groups is 1. The van der Waals surface area contributed by atoms with Gasteiger partial charge in [0.25, 0.3) is 0 Å². The number of rotatable bonds is 6. The molecule has 0 aliphatic heterocycles. The predicted molar refractivity (Wildman–Crippen MR) is 117 cm³/mol. The first-order valence-electron chi connectivity index (χ1n) is 8.69. The summed E-state index contributed by atoms with van der Waals surface area (Å²) in [6.07, 6.45) is 3.47. The van der Waals surface area contributed by atoms with Crippen LogP contribution in [0.4, 0.5) is 0 Å². The van der Waals surface area contributed by atoms with Gasteiger partial charge in [0.2, 0.25) is 0 Å². The molecule has 3 N–H and O–H groups in total. The number of fused-ring (bicyclic) bond motifs is 1. The lowest BCUT2D eigenvalue weighted by Crippen LogP contribution is -2.44. The number of benzene rings is 1. The van der Waals surface area contributed by atoms with E-state index in [0.717, 1.165) is 28.8 Å². The zero-order valence-electron chi connectivity index (χ0n) is 15.8. The summed E-state index contributed by atoms with van der Waals surface area (Å²) >= 11 is 0. The van der Waals surface area contributed by atoms with Crippen molar-refractivity contribution in [1.29, 1.82) is 0 Å². The van der Waals surface area contributed by atoms with Crippen LogP contribution in [0.3, 0.4) is 0 Å². The van der Waals surface area contributed by atoms with Crippen LogP contribution in [0.15, 0.2) is 52.1 Å². The first kappa shape index (κ1) is 21.2. The normalized spacial score (nSPS) is 13.9. The summed E-state index contributed by atoms with van der Waals surface area (Å²) in [5, 5.41) is 22.2. The maximum absolute atomic E-state index is 10.7. The Balaban J connectivity index is 0.00000261.